The van der Waals surface area contributed by atoms with E-state index in [0.29, 0.717) is 5.69 Å². The summed E-state index contributed by atoms with van der Waals surface area (Å²) in [5, 5.41) is 6.36. The Morgan fingerprint density at radius 3 is 2.40 bits per heavy atom. The first-order valence-electron chi connectivity index (χ1n) is 6.39. The normalized spacial score (nSPS) is 12.7. The summed E-state index contributed by atoms with van der Waals surface area (Å²) in [4.78, 5) is 27.3. The minimum Gasteiger partial charge on any atom is -0.344 e. The van der Waals surface area contributed by atoms with E-state index in [2.05, 4.69) is 47.9 Å². The molecule has 0 fully saturated rings. The number of pyridine rings is 1. The topological polar surface area (TPSA) is 71.1 Å². The summed E-state index contributed by atoms with van der Waals surface area (Å²) in [6.07, 6.45) is 1.65. The first kappa shape index (κ1) is 16.7. The second-order valence-electron chi connectivity index (χ2n) is 5.61. The molecule has 1 atom stereocenters. The van der Waals surface area contributed by atoms with E-state index in [1.807, 2.05) is 12.1 Å². The van der Waals surface area contributed by atoms with Crippen molar-refractivity contribution in [1.82, 2.24) is 10.3 Å². The first-order chi connectivity index (χ1) is 9.24. The summed E-state index contributed by atoms with van der Waals surface area (Å²) in [6.45, 7) is 8.00. The molecule has 20 heavy (non-hydrogen) atoms. The average Bonchev–Trinajstić information content (AvgIpc) is 2.35. The van der Waals surface area contributed by atoms with Gasteiger partial charge in [-0.05, 0) is 12.1 Å². The van der Waals surface area contributed by atoms with Crippen LogP contribution in [0.3, 0.4) is 0 Å². The Hall–Kier alpha value is -1.34. The smallest absolute Gasteiger partial charge is 0.247 e. The highest BCUT2D eigenvalue weighted by Crippen LogP contribution is 2.07. The van der Waals surface area contributed by atoms with Crippen molar-refractivity contribution >= 4 is 43.5 Å². The zero-order chi connectivity index (χ0) is 15.3. The van der Waals surface area contributed by atoms with Crippen molar-refractivity contribution in [3.05, 3.63) is 18.3 Å². The number of carbonyl (C=O) groups is 2. The van der Waals surface area contributed by atoms with Crippen LogP contribution in [0.2, 0.25) is 19.6 Å². The molecule has 2 N–H and O–H groups in total. The van der Waals surface area contributed by atoms with E-state index in [-0.39, 0.29) is 17.6 Å². The molecule has 1 rings (SSSR count). The summed E-state index contributed by atoms with van der Waals surface area (Å²) in [5.41, 5.74) is 0.620. The molecule has 1 unspecified atom stereocenters. The summed E-state index contributed by atoms with van der Waals surface area (Å²) in [7, 11) is -1.44. The molecule has 0 aromatic carbocycles. The Morgan fingerprint density at radius 1 is 1.35 bits per heavy atom. The maximum absolute atomic E-state index is 12.0. The van der Waals surface area contributed by atoms with E-state index in [0.717, 1.165) is 5.32 Å². The van der Waals surface area contributed by atoms with Gasteiger partial charge in [-0.15, -0.1) is 0 Å². The van der Waals surface area contributed by atoms with E-state index < -0.39 is 14.1 Å². The minimum absolute atomic E-state index is 0.242. The van der Waals surface area contributed by atoms with Crippen LogP contribution in [0.25, 0.3) is 0 Å². The minimum atomic E-state index is -1.44. The number of hydrogen-bond acceptors (Lipinski definition) is 4. The van der Waals surface area contributed by atoms with Crippen molar-refractivity contribution in [3.63, 3.8) is 0 Å². The number of rotatable bonds is 5. The molecule has 0 aliphatic carbocycles. The predicted molar refractivity (Wildman–Crippen MR) is 87.3 cm³/mol. The molecule has 2 amide bonds. The Bertz CT molecular complexity index is 485. The highest BCUT2D eigenvalue weighted by Gasteiger charge is 2.20. The van der Waals surface area contributed by atoms with Crippen LogP contribution in [0.15, 0.2) is 18.3 Å². The second-order valence-corrected chi connectivity index (χ2v) is 11.0. The van der Waals surface area contributed by atoms with Gasteiger partial charge in [-0.25, -0.2) is 0 Å². The van der Waals surface area contributed by atoms with Gasteiger partial charge >= 0.3 is 0 Å². The van der Waals surface area contributed by atoms with Crippen molar-refractivity contribution in [2.45, 2.75) is 32.6 Å². The molecule has 1 aromatic rings. The molecule has 0 aliphatic rings. The summed E-state index contributed by atoms with van der Waals surface area (Å²) in [6, 6.07) is 3.13. The molecule has 1 heterocycles. The number of hydrogen-bond donors (Lipinski definition) is 3. The molecule has 0 bridgehead atoms. The van der Waals surface area contributed by atoms with Gasteiger partial charge in [0, 0.05) is 18.0 Å². The Labute approximate surface area is 126 Å². The van der Waals surface area contributed by atoms with Crippen molar-refractivity contribution in [1.29, 1.82) is 0 Å². The lowest BCUT2D eigenvalue weighted by Crippen LogP contribution is -2.44. The van der Waals surface area contributed by atoms with Gasteiger partial charge < -0.3 is 10.6 Å². The van der Waals surface area contributed by atoms with Crippen molar-refractivity contribution in [3.8, 4) is 0 Å². The van der Waals surface area contributed by atoms with Crippen molar-refractivity contribution < 1.29 is 9.59 Å². The largest absolute Gasteiger partial charge is 0.344 e. The Kier molecular flexibility index (Phi) is 5.76. The van der Waals surface area contributed by atoms with Crippen LogP contribution in [0.4, 0.5) is 5.69 Å². The van der Waals surface area contributed by atoms with Gasteiger partial charge in [0.1, 0.15) is 14.1 Å². The fourth-order valence-electron chi connectivity index (χ4n) is 1.58. The maximum Gasteiger partial charge on any atom is 0.247 e. The van der Waals surface area contributed by atoms with E-state index in [1.54, 1.807) is 6.20 Å². The third-order valence-electron chi connectivity index (χ3n) is 2.68. The third kappa shape index (κ3) is 4.97. The number of nitrogens with one attached hydrogen (secondary N) is 2. The second kappa shape index (κ2) is 6.89. The van der Waals surface area contributed by atoms with Gasteiger partial charge in [-0.3, -0.25) is 14.6 Å². The number of thiol groups is 1. The van der Waals surface area contributed by atoms with Gasteiger partial charge in [-0.2, -0.15) is 12.6 Å². The molecular formula is C13H21N3O2SSi. The highest BCUT2D eigenvalue weighted by molar-refractivity contribution is 7.80. The SMILES string of the molecule is CC(=O)NC(CS)C(=O)Nc1ccc([Si](C)(C)C)nc1. The average molecular weight is 311 g/mol. The fraction of sp³-hybridized carbons (Fsp3) is 0.462. The van der Waals surface area contributed by atoms with Gasteiger partial charge in [0.25, 0.3) is 0 Å². The molecule has 1 aromatic heterocycles. The van der Waals surface area contributed by atoms with Crippen LogP contribution in [0.1, 0.15) is 6.92 Å². The molecular weight excluding hydrogens is 290 g/mol. The third-order valence-corrected chi connectivity index (χ3v) is 4.87. The first-order valence-corrected chi connectivity index (χ1v) is 10.5. The Balaban J connectivity index is 2.73. The van der Waals surface area contributed by atoms with Crippen LogP contribution in [0, 0.1) is 0 Å². The van der Waals surface area contributed by atoms with Crippen LogP contribution in [0.5, 0.6) is 0 Å². The zero-order valence-electron chi connectivity index (χ0n) is 12.2. The molecule has 0 saturated heterocycles. The van der Waals surface area contributed by atoms with E-state index in [9.17, 15) is 9.59 Å². The molecule has 0 saturated carbocycles. The van der Waals surface area contributed by atoms with E-state index >= 15 is 0 Å². The van der Waals surface area contributed by atoms with Gasteiger partial charge in [-0.1, -0.05) is 19.6 Å². The van der Waals surface area contributed by atoms with Crippen LogP contribution < -0.4 is 16.0 Å². The highest BCUT2D eigenvalue weighted by atomic mass is 32.1. The van der Waals surface area contributed by atoms with Gasteiger partial charge in [0.05, 0.1) is 11.9 Å². The lowest BCUT2D eigenvalue weighted by molar-refractivity contribution is -0.124. The molecule has 7 heteroatoms. The predicted octanol–water partition coefficient (Wildman–Crippen LogP) is 1.000. The number of carbonyl (C=O) groups excluding carboxylic acids is 2. The molecule has 5 nitrogen and oxygen atoms in total. The molecule has 0 spiro atoms. The lowest BCUT2D eigenvalue weighted by atomic mass is 10.3. The standard InChI is InChI=1S/C13H21N3O2SSi/c1-9(17)15-11(8-19)13(18)16-10-5-6-12(14-7-10)20(2,3)4/h5-7,11,19H,8H2,1-4H3,(H,15,17)(H,16,18). The summed E-state index contributed by atoms with van der Waals surface area (Å²) < 4.78 is 0. The quantitative estimate of drug-likeness (QED) is 0.561. The summed E-state index contributed by atoms with van der Waals surface area (Å²) >= 11 is 4.06. The van der Waals surface area contributed by atoms with Crippen molar-refractivity contribution in [2.24, 2.45) is 0 Å². The molecule has 0 radical (unpaired) electrons. The van der Waals surface area contributed by atoms with Gasteiger partial charge in [0.15, 0.2) is 0 Å². The fourth-order valence-corrected chi connectivity index (χ4v) is 2.87. The molecule has 0 aliphatic heterocycles. The van der Waals surface area contributed by atoms with E-state index in [1.165, 1.54) is 6.92 Å². The van der Waals surface area contributed by atoms with E-state index in [4.69, 9.17) is 0 Å². The maximum atomic E-state index is 12.0. The van der Waals surface area contributed by atoms with Crippen LogP contribution in [-0.2, 0) is 9.59 Å². The number of anilines is 1. The summed E-state index contributed by atoms with van der Waals surface area (Å²) in [5.74, 6) is -0.310. The number of amides is 2. The monoisotopic (exact) mass is 311 g/mol. The number of aromatic nitrogens is 1. The lowest BCUT2D eigenvalue weighted by Gasteiger charge is -2.17. The number of nitrogens with zero attached hydrogens (tertiary/aromatic N) is 1. The molecule has 110 valence electrons. The van der Waals surface area contributed by atoms with Gasteiger partial charge in [0.2, 0.25) is 11.8 Å². The van der Waals surface area contributed by atoms with Crippen LogP contribution in [-0.4, -0.2) is 36.7 Å². The Morgan fingerprint density at radius 2 is 2.00 bits per heavy atom. The zero-order valence-corrected chi connectivity index (χ0v) is 14.1. The van der Waals surface area contributed by atoms with Crippen LogP contribution >= 0.6 is 12.6 Å². The van der Waals surface area contributed by atoms with Crippen molar-refractivity contribution in [2.75, 3.05) is 11.1 Å².